The number of rotatable bonds is 4. The van der Waals surface area contributed by atoms with E-state index in [1.807, 2.05) is 51.1 Å². The Hall–Kier alpha value is -0.860. The van der Waals surface area contributed by atoms with Crippen LogP contribution in [0.1, 0.15) is 26.3 Å². The molecule has 1 aromatic rings. The van der Waals surface area contributed by atoms with Crippen molar-refractivity contribution in [2.75, 3.05) is 6.61 Å². The second-order valence-electron chi connectivity index (χ2n) is 4.77. The molecule has 1 N–H and O–H groups in total. The third-order valence-electron chi connectivity index (χ3n) is 2.02. The van der Waals surface area contributed by atoms with Crippen molar-refractivity contribution in [1.29, 1.82) is 0 Å². The predicted molar refractivity (Wildman–Crippen MR) is 61.9 cm³/mol. The van der Waals surface area contributed by atoms with Crippen LogP contribution in [0.5, 0.6) is 0 Å². The summed E-state index contributed by atoms with van der Waals surface area (Å²) in [7, 11) is 0. The first kappa shape index (κ1) is 12.2. The van der Waals surface area contributed by atoms with Crippen LogP contribution in [0.25, 0.3) is 0 Å². The third kappa shape index (κ3) is 5.55. The van der Waals surface area contributed by atoms with Crippen LogP contribution in [0.15, 0.2) is 30.3 Å². The van der Waals surface area contributed by atoms with Crippen molar-refractivity contribution >= 4 is 0 Å². The largest absolute Gasteiger partial charge is 0.390 e. The van der Waals surface area contributed by atoms with Crippen LogP contribution in [0.4, 0.5) is 0 Å². The summed E-state index contributed by atoms with van der Waals surface area (Å²) < 4.78 is 5.51. The zero-order chi connectivity index (χ0) is 11.3. The van der Waals surface area contributed by atoms with Gasteiger partial charge in [0.15, 0.2) is 0 Å². The van der Waals surface area contributed by atoms with Gasteiger partial charge < -0.3 is 9.84 Å². The van der Waals surface area contributed by atoms with Crippen molar-refractivity contribution in [3.63, 3.8) is 0 Å². The van der Waals surface area contributed by atoms with Crippen molar-refractivity contribution in [2.45, 2.75) is 38.9 Å². The lowest BCUT2D eigenvalue weighted by Gasteiger charge is -2.21. The van der Waals surface area contributed by atoms with Gasteiger partial charge >= 0.3 is 0 Å². The molecule has 1 unspecified atom stereocenters. The highest BCUT2D eigenvalue weighted by Gasteiger charge is 2.13. The topological polar surface area (TPSA) is 29.5 Å². The van der Waals surface area contributed by atoms with Crippen LogP contribution in [-0.4, -0.2) is 23.4 Å². The van der Waals surface area contributed by atoms with E-state index < -0.39 is 6.10 Å². The van der Waals surface area contributed by atoms with Crippen molar-refractivity contribution in [3.05, 3.63) is 35.9 Å². The first-order valence-corrected chi connectivity index (χ1v) is 5.33. The fourth-order valence-electron chi connectivity index (χ4n) is 1.29. The van der Waals surface area contributed by atoms with Gasteiger partial charge in [0.2, 0.25) is 0 Å². The third-order valence-corrected chi connectivity index (χ3v) is 2.02. The summed E-state index contributed by atoms with van der Waals surface area (Å²) in [4.78, 5) is 0. The molecule has 15 heavy (non-hydrogen) atoms. The van der Waals surface area contributed by atoms with E-state index in [2.05, 4.69) is 0 Å². The Kier molecular flexibility index (Phi) is 4.30. The van der Waals surface area contributed by atoms with E-state index in [4.69, 9.17) is 4.74 Å². The molecule has 84 valence electrons. The second kappa shape index (κ2) is 5.29. The molecule has 2 heteroatoms. The summed E-state index contributed by atoms with van der Waals surface area (Å²) in [6.45, 7) is 6.35. The molecule has 1 atom stereocenters. The molecule has 0 spiro atoms. The van der Waals surface area contributed by atoms with Crippen molar-refractivity contribution < 1.29 is 9.84 Å². The van der Waals surface area contributed by atoms with Gasteiger partial charge in [-0.2, -0.15) is 0 Å². The van der Waals surface area contributed by atoms with Crippen LogP contribution in [0.2, 0.25) is 0 Å². The lowest BCUT2D eigenvalue weighted by Crippen LogP contribution is -2.27. The van der Waals surface area contributed by atoms with Gasteiger partial charge in [0.25, 0.3) is 0 Å². The molecule has 0 aliphatic heterocycles. The maximum atomic E-state index is 9.74. The Balaban J connectivity index is 2.34. The fraction of sp³-hybridized carbons (Fsp3) is 0.538. The molecule has 0 saturated carbocycles. The molecule has 0 amide bonds. The summed E-state index contributed by atoms with van der Waals surface area (Å²) in [6.07, 6.45) is 0.225. The van der Waals surface area contributed by atoms with Crippen LogP contribution >= 0.6 is 0 Å². The lowest BCUT2D eigenvalue weighted by molar-refractivity contribution is -0.0482. The molecule has 0 saturated heterocycles. The maximum absolute atomic E-state index is 9.74. The summed E-state index contributed by atoms with van der Waals surface area (Å²) in [6, 6.07) is 9.96. The van der Waals surface area contributed by atoms with Gasteiger partial charge in [0.1, 0.15) is 0 Å². The van der Waals surface area contributed by atoms with Gasteiger partial charge in [-0.15, -0.1) is 0 Å². The van der Waals surface area contributed by atoms with Gasteiger partial charge in [-0.25, -0.2) is 0 Å². The van der Waals surface area contributed by atoms with Gasteiger partial charge in [-0.1, -0.05) is 30.3 Å². The molecule has 1 aromatic carbocycles. The highest BCUT2D eigenvalue weighted by Crippen LogP contribution is 2.09. The van der Waals surface area contributed by atoms with Gasteiger partial charge in [0.05, 0.1) is 18.3 Å². The fourth-order valence-corrected chi connectivity index (χ4v) is 1.29. The zero-order valence-corrected chi connectivity index (χ0v) is 9.73. The Bertz CT molecular complexity index is 274. The molecule has 0 heterocycles. The van der Waals surface area contributed by atoms with Gasteiger partial charge in [0, 0.05) is 6.42 Å². The predicted octanol–water partition coefficient (Wildman–Crippen LogP) is 2.41. The minimum Gasteiger partial charge on any atom is -0.390 e. The SMILES string of the molecule is CC(C)(C)OCC(O)Cc1ccccc1. The first-order chi connectivity index (χ1) is 6.97. The average Bonchev–Trinajstić information content (AvgIpc) is 2.15. The number of aliphatic hydroxyl groups is 1. The van der Waals surface area contributed by atoms with Crippen molar-refractivity contribution in [2.24, 2.45) is 0 Å². The molecule has 0 aromatic heterocycles. The summed E-state index contributed by atoms with van der Waals surface area (Å²) in [5, 5.41) is 9.74. The van der Waals surface area contributed by atoms with E-state index in [1.165, 1.54) is 0 Å². The molecular weight excluding hydrogens is 188 g/mol. The summed E-state index contributed by atoms with van der Waals surface area (Å²) >= 11 is 0. The smallest absolute Gasteiger partial charge is 0.0814 e. The second-order valence-corrected chi connectivity index (χ2v) is 4.77. The first-order valence-electron chi connectivity index (χ1n) is 5.33. The molecule has 0 aliphatic carbocycles. The highest BCUT2D eigenvalue weighted by molar-refractivity contribution is 5.15. The van der Waals surface area contributed by atoms with E-state index in [-0.39, 0.29) is 5.60 Å². The highest BCUT2D eigenvalue weighted by atomic mass is 16.5. The maximum Gasteiger partial charge on any atom is 0.0814 e. The quantitative estimate of drug-likeness (QED) is 0.823. The number of ether oxygens (including phenoxy) is 1. The Morgan fingerprint density at radius 3 is 2.33 bits per heavy atom. The van der Waals surface area contributed by atoms with E-state index >= 15 is 0 Å². The minimum atomic E-state index is -0.424. The van der Waals surface area contributed by atoms with E-state index in [0.29, 0.717) is 13.0 Å². The number of benzene rings is 1. The number of aliphatic hydroxyl groups excluding tert-OH is 1. The zero-order valence-electron chi connectivity index (χ0n) is 9.73. The Labute approximate surface area is 91.9 Å². The molecule has 0 bridgehead atoms. The molecule has 0 fully saturated rings. The van der Waals surface area contributed by atoms with Crippen molar-refractivity contribution in [1.82, 2.24) is 0 Å². The Morgan fingerprint density at radius 2 is 1.80 bits per heavy atom. The molecule has 0 radical (unpaired) electrons. The molecular formula is C13H20O2. The van der Waals surface area contributed by atoms with E-state index in [0.717, 1.165) is 5.56 Å². The summed E-state index contributed by atoms with van der Waals surface area (Å²) in [5.74, 6) is 0. The standard InChI is InChI=1S/C13H20O2/c1-13(2,3)15-10-12(14)9-11-7-5-4-6-8-11/h4-8,12,14H,9-10H2,1-3H3. The van der Waals surface area contributed by atoms with Crippen LogP contribution < -0.4 is 0 Å². The molecule has 1 rings (SSSR count). The average molecular weight is 208 g/mol. The number of hydrogen-bond donors (Lipinski definition) is 1. The van der Waals surface area contributed by atoms with Crippen LogP contribution in [0, 0.1) is 0 Å². The van der Waals surface area contributed by atoms with Crippen LogP contribution in [-0.2, 0) is 11.2 Å². The van der Waals surface area contributed by atoms with Crippen molar-refractivity contribution in [3.8, 4) is 0 Å². The minimum absolute atomic E-state index is 0.183. The lowest BCUT2D eigenvalue weighted by atomic mass is 10.1. The monoisotopic (exact) mass is 208 g/mol. The molecule has 2 nitrogen and oxygen atoms in total. The van der Waals surface area contributed by atoms with E-state index in [9.17, 15) is 5.11 Å². The van der Waals surface area contributed by atoms with E-state index in [1.54, 1.807) is 0 Å². The van der Waals surface area contributed by atoms with Gasteiger partial charge in [-0.3, -0.25) is 0 Å². The summed E-state index contributed by atoms with van der Waals surface area (Å²) in [5.41, 5.74) is 0.958. The normalized spacial score (nSPS) is 13.9. The van der Waals surface area contributed by atoms with Crippen LogP contribution in [0.3, 0.4) is 0 Å². The molecule has 0 aliphatic rings. The number of hydrogen-bond acceptors (Lipinski definition) is 2. The Morgan fingerprint density at radius 1 is 1.20 bits per heavy atom. The van der Waals surface area contributed by atoms with Gasteiger partial charge in [-0.05, 0) is 26.3 Å².